The molecule has 0 amide bonds. The van der Waals surface area contributed by atoms with Crippen molar-refractivity contribution in [1.29, 1.82) is 0 Å². The van der Waals surface area contributed by atoms with Gasteiger partial charge < -0.3 is 4.74 Å². The Morgan fingerprint density at radius 3 is 1.94 bits per heavy atom. The van der Waals surface area contributed by atoms with Gasteiger partial charge in [0.15, 0.2) is 0 Å². The third-order valence-corrected chi connectivity index (χ3v) is 3.44. The molecule has 0 aromatic rings. The lowest BCUT2D eigenvalue weighted by Crippen LogP contribution is -2.27. The molecular formula is C14H25FO2. The van der Waals surface area contributed by atoms with Crippen molar-refractivity contribution in [1.82, 2.24) is 0 Å². The molecule has 2 nitrogen and oxygen atoms in total. The van der Waals surface area contributed by atoms with Crippen molar-refractivity contribution in [3.8, 4) is 0 Å². The number of rotatable bonds is 1. The van der Waals surface area contributed by atoms with E-state index in [9.17, 15) is 9.18 Å². The average molecular weight is 244 g/mol. The highest BCUT2D eigenvalue weighted by atomic mass is 19.1. The Bertz CT molecular complexity index is 218. The number of hydrogen-bond acceptors (Lipinski definition) is 2. The number of carbonyl (C=O) groups is 1. The minimum Gasteiger partial charge on any atom is -0.459 e. The molecule has 0 heterocycles. The molecule has 1 rings (SSSR count). The van der Waals surface area contributed by atoms with Crippen LogP contribution in [0.25, 0.3) is 0 Å². The van der Waals surface area contributed by atoms with Crippen molar-refractivity contribution < 1.29 is 13.9 Å². The van der Waals surface area contributed by atoms with E-state index < -0.39 is 12.3 Å². The van der Waals surface area contributed by atoms with Gasteiger partial charge in [0, 0.05) is 6.92 Å². The number of esters is 1. The summed E-state index contributed by atoms with van der Waals surface area (Å²) in [5.41, 5.74) is 0. The first-order valence-corrected chi connectivity index (χ1v) is 7.01. The summed E-state index contributed by atoms with van der Waals surface area (Å²) in [6.07, 6.45) is 8.87. The molecule has 3 heteroatoms. The Morgan fingerprint density at radius 2 is 1.41 bits per heavy atom. The fraction of sp³-hybridized carbons (Fsp3) is 0.929. The van der Waals surface area contributed by atoms with Gasteiger partial charge >= 0.3 is 5.97 Å². The van der Waals surface area contributed by atoms with Crippen LogP contribution in [0.3, 0.4) is 0 Å². The van der Waals surface area contributed by atoms with Crippen LogP contribution in [0, 0.1) is 0 Å². The van der Waals surface area contributed by atoms with Crippen LogP contribution in [0.2, 0.25) is 0 Å². The first kappa shape index (κ1) is 14.5. The zero-order valence-electron chi connectivity index (χ0n) is 10.9. The minimum absolute atomic E-state index is 0.357. The Labute approximate surface area is 104 Å². The fourth-order valence-corrected chi connectivity index (χ4v) is 2.46. The van der Waals surface area contributed by atoms with Gasteiger partial charge in [-0.25, -0.2) is 4.39 Å². The maximum atomic E-state index is 13.9. The topological polar surface area (TPSA) is 26.3 Å². The van der Waals surface area contributed by atoms with E-state index in [-0.39, 0.29) is 5.97 Å². The highest BCUT2D eigenvalue weighted by Crippen LogP contribution is 2.21. The zero-order chi connectivity index (χ0) is 12.5. The summed E-state index contributed by atoms with van der Waals surface area (Å²) in [5, 5.41) is 0. The molecule has 17 heavy (non-hydrogen) atoms. The van der Waals surface area contributed by atoms with Crippen LogP contribution < -0.4 is 0 Å². The number of ether oxygens (including phenoxy) is 1. The Hall–Kier alpha value is -0.600. The number of hydrogen-bond donors (Lipinski definition) is 0. The van der Waals surface area contributed by atoms with Crippen molar-refractivity contribution in [2.24, 2.45) is 0 Å². The molecule has 1 saturated carbocycles. The van der Waals surface area contributed by atoms with Crippen molar-refractivity contribution in [3.63, 3.8) is 0 Å². The van der Waals surface area contributed by atoms with E-state index in [0.29, 0.717) is 12.8 Å². The molecule has 0 aromatic carbocycles. The average Bonchev–Trinajstić information content (AvgIpc) is 2.27. The van der Waals surface area contributed by atoms with Crippen LogP contribution in [-0.2, 0) is 9.53 Å². The van der Waals surface area contributed by atoms with Crippen molar-refractivity contribution in [2.45, 2.75) is 83.4 Å². The predicted molar refractivity (Wildman–Crippen MR) is 66.6 cm³/mol. The summed E-state index contributed by atoms with van der Waals surface area (Å²) in [6, 6.07) is 0. The van der Waals surface area contributed by atoms with Crippen LogP contribution in [0.4, 0.5) is 4.39 Å². The third-order valence-electron chi connectivity index (χ3n) is 3.44. The minimum atomic E-state index is -0.974. The van der Waals surface area contributed by atoms with Gasteiger partial charge in [0.2, 0.25) is 0 Å². The molecule has 0 saturated heterocycles. The van der Waals surface area contributed by atoms with Crippen LogP contribution in [0.1, 0.15) is 71.1 Å². The molecule has 0 radical (unpaired) electrons. The van der Waals surface area contributed by atoms with Crippen LogP contribution in [0.5, 0.6) is 0 Å². The Balaban J connectivity index is 2.41. The van der Waals surface area contributed by atoms with Crippen molar-refractivity contribution in [3.05, 3.63) is 0 Å². The summed E-state index contributed by atoms with van der Waals surface area (Å²) in [6.45, 7) is 1.36. The van der Waals surface area contributed by atoms with E-state index in [1.807, 2.05) is 0 Å². The molecule has 0 N–H and O–H groups in total. The van der Waals surface area contributed by atoms with Gasteiger partial charge in [0.05, 0.1) is 0 Å². The number of carbonyl (C=O) groups excluding carboxylic acids is 1. The lowest BCUT2D eigenvalue weighted by atomic mass is 9.98. The molecule has 1 aliphatic rings. The van der Waals surface area contributed by atoms with Crippen LogP contribution in [0.15, 0.2) is 0 Å². The highest BCUT2D eigenvalue weighted by molar-refractivity contribution is 5.66. The summed E-state index contributed by atoms with van der Waals surface area (Å²) in [5.74, 6) is -0.357. The number of alkyl halides is 1. The van der Waals surface area contributed by atoms with Crippen molar-refractivity contribution >= 4 is 5.97 Å². The standard InChI is InChI=1S/C14H25FO2/c1-12(16)17-14-11-9-7-5-3-2-4-6-8-10-13(14)15/h13-14H,2-11H2,1H3/t13-,14?/m1/s1. The maximum absolute atomic E-state index is 13.9. The van der Waals surface area contributed by atoms with E-state index in [2.05, 4.69) is 0 Å². The van der Waals surface area contributed by atoms with E-state index in [1.165, 1.54) is 32.6 Å². The lowest BCUT2D eigenvalue weighted by molar-refractivity contribution is -0.150. The van der Waals surface area contributed by atoms with Gasteiger partial charge in [-0.3, -0.25) is 4.79 Å². The summed E-state index contributed by atoms with van der Waals surface area (Å²) >= 11 is 0. The van der Waals surface area contributed by atoms with Gasteiger partial charge in [-0.1, -0.05) is 44.9 Å². The molecule has 0 spiro atoms. The van der Waals surface area contributed by atoms with E-state index in [0.717, 1.165) is 25.7 Å². The molecule has 0 bridgehead atoms. The molecule has 0 aliphatic heterocycles. The normalized spacial score (nSPS) is 28.8. The van der Waals surface area contributed by atoms with Gasteiger partial charge in [-0.05, 0) is 19.3 Å². The molecule has 1 aliphatic carbocycles. The summed E-state index contributed by atoms with van der Waals surface area (Å²) in [4.78, 5) is 10.9. The summed E-state index contributed by atoms with van der Waals surface area (Å²) < 4.78 is 19.0. The van der Waals surface area contributed by atoms with Gasteiger partial charge in [-0.15, -0.1) is 0 Å². The monoisotopic (exact) mass is 244 g/mol. The van der Waals surface area contributed by atoms with Gasteiger partial charge in [-0.2, -0.15) is 0 Å². The molecule has 0 aromatic heterocycles. The van der Waals surface area contributed by atoms with Gasteiger partial charge in [0.1, 0.15) is 12.3 Å². The first-order chi connectivity index (χ1) is 8.20. The molecule has 2 atom stereocenters. The third kappa shape index (κ3) is 6.64. The van der Waals surface area contributed by atoms with Crippen molar-refractivity contribution in [2.75, 3.05) is 0 Å². The zero-order valence-corrected chi connectivity index (χ0v) is 10.9. The maximum Gasteiger partial charge on any atom is 0.303 e. The predicted octanol–water partition coefficient (Wildman–Crippen LogP) is 4.17. The van der Waals surface area contributed by atoms with E-state index >= 15 is 0 Å². The first-order valence-electron chi connectivity index (χ1n) is 7.01. The van der Waals surface area contributed by atoms with Crippen LogP contribution >= 0.6 is 0 Å². The molecule has 1 unspecified atom stereocenters. The quantitative estimate of drug-likeness (QED) is 0.647. The van der Waals surface area contributed by atoms with E-state index in [4.69, 9.17) is 4.74 Å². The van der Waals surface area contributed by atoms with Crippen LogP contribution in [-0.4, -0.2) is 18.2 Å². The summed E-state index contributed by atoms with van der Waals surface area (Å²) in [7, 11) is 0. The molecular weight excluding hydrogens is 219 g/mol. The molecule has 1 fully saturated rings. The van der Waals surface area contributed by atoms with Gasteiger partial charge in [0.25, 0.3) is 0 Å². The SMILES string of the molecule is CC(=O)OC1CCCCCCCCCC[C@H]1F. The molecule has 100 valence electrons. The second-order valence-electron chi connectivity index (χ2n) is 5.07. The Morgan fingerprint density at radius 1 is 0.941 bits per heavy atom. The second-order valence-corrected chi connectivity index (χ2v) is 5.07. The van der Waals surface area contributed by atoms with E-state index in [1.54, 1.807) is 0 Å². The fourth-order valence-electron chi connectivity index (χ4n) is 2.46. The largest absolute Gasteiger partial charge is 0.459 e. The number of halogens is 1. The smallest absolute Gasteiger partial charge is 0.303 e. The second kappa shape index (κ2) is 8.48. The lowest BCUT2D eigenvalue weighted by Gasteiger charge is -2.21. The highest BCUT2D eigenvalue weighted by Gasteiger charge is 2.23. The Kier molecular flexibility index (Phi) is 7.22.